The monoisotopic (exact) mass is 396 g/mol. The molecule has 0 saturated heterocycles. The van der Waals surface area contributed by atoms with Gasteiger partial charge in [0.05, 0.1) is 19.4 Å². The molecule has 2 aromatic carbocycles. The number of nitrogens with zero attached hydrogens (tertiary/aromatic N) is 2. The highest BCUT2D eigenvalue weighted by Crippen LogP contribution is 2.31. The second-order valence-electron chi connectivity index (χ2n) is 5.83. The smallest absolute Gasteiger partial charge is 0.339 e. The molecule has 0 radical (unpaired) electrons. The molecule has 0 fully saturated rings. The van der Waals surface area contributed by atoms with Crippen LogP contribution in [-0.4, -0.2) is 28.2 Å². The van der Waals surface area contributed by atoms with E-state index < -0.39 is 11.8 Å². The Kier molecular flexibility index (Phi) is 6.03. The van der Waals surface area contributed by atoms with Crippen molar-refractivity contribution in [3.63, 3.8) is 0 Å². The van der Waals surface area contributed by atoms with Crippen molar-refractivity contribution in [1.29, 1.82) is 0 Å². The normalized spacial score (nSPS) is 11.1. The summed E-state index contributed by atoms with van der Waals surface area (Å²) in [4.78, 5) is 19.5. The third-order valence-corrected chi connectivity index (χ3v) is 3.92. The van der Waals surface area contributed by atoms with Gasteiger partial charge in [0.15, 0.2) is 11.6 Å². The van der Waals surface area contributed by atoms with Crippen molar-refractivity contribution in [1.82, 2.24) is 9.97 Å². The molecule has 29 heavy (non-hydrogen) atoms. The Bertz CT molecular complexity index is 1070. The summed E-state index contributed by atoms with van der Waals surface area (Å²) in [5.74, 6) is -0.996. The molecule has 0 atom stereocenters. The molecule has 8 heteroatoms. The Balaban J connectivity index is 1.87. The van der Waals surface area contributed by atoms with Gasteiger partial charge >= 0.3 is 5.97 Å². The number of ether oxygens (including phenoxy) is 3. The lowest BCUT2D eigenvalue weighted by Gasteiger charge is -2.13. The van der Waals surface area contributed by atoms with E-state index in [4.69, 9.17) is 14.2 Å². The van der Waals surface area contributed by atoms with Gasteiger partial charge in [-0.3, -0.25) is 0 Å². The number of methoxy groups -OCH3 is 1. The number of benzene rings is 2. The van der Waals surface area contributed by atoms with Gasteiger partial charge in [-0.1, -0.05) is 24.3 Å². The maximum absolute atomic E-state index is 13.8. The summed E-state index contributed by atoms with van der Waals surface area (Å²) in [6.45, 7) is 1.72. The van der Waals surface area contributed by atoms with Crippen molar-refractivity contribution in [3.05, 3.63) is 78.1 Å². The van der Waals surface area contributed by atoms with E-state index >= 15 is 0 Å². The number of hydrogen-bond donors (Lipinski definition) is 1. The molecule has 1 aromatic heterocycles. The zero-order valence-electron chi connectivity index (χ0n) is 15.6. The van der Waals surface area contributed by atoms with Gasteiger partial charge in [-0.2, -0.15) is 0 Å². The third kappa shape index (κ3) is 4.67. The number of hydrogen-bond acceptors (Lipinski definition) is 6. The first-order valence-corrected chi connectivity index (χ1v) is 8.48. The van der Waals surface area contributed by atoms with E-state index in [1.165, 1.54) is 31.6 Å². The van der Waals surface area contributed by atoms with Crippen LogP contribution in [0.3, 0.4) is 0 Å². The summed E-state index contributed by atoms with van der Waals surface area (Å²) in [6, 6.07) is 12.3. The van der Waals surface area contributed by atoms with Crippen LogP contribution in [0.1, 0.15) is 11.1 Å². The van der Waals surface area contributed by atoms with Gasteiger partial charge in [0.2, 0.25) is 11.8 Å². The number of aromatic nitrogens is 2. The van der Waals surface area contributed by atoms with E-state index in [9.17, 15) is 14.3 Å². The lowest BCUT2D eigenvalue weighted by molar-refractivity contribution is -0.130. The average Bonchev–Trinajstić information content (AvgIpc) is 2.70. The van der Waals surface area contributed by atoms with Crippen LogP contribution < -0.4 is 9.47 Å². The fraction of sp³-hybridized carbons (Fsp3) is 0.0952. The van der Waals surface area contributed by atoms with Crippen molar-refractivity contribution in [3.8, 4) is 23.3 Å². The Morgan fingerprint density at radius 2 is 1.69 bits per heavy atom. The Labute approximate surface area is 166 Å². The van der Waals surface area contributed by atoms with Crippen molar-refractivity contribution >= 4 is 11.5 Å². The Hall–Kier alpha value is -3.94. The average molecular weight is 396 g/mol. The standard InChI is InChI=1S/C21H17FN2O5/c1-13-14(15(11-27-2)21(25)26)6-5-9-17(13)28-19-10-20(24-12-23-19)29-18-8-4-3-7-16(18)22/h3-12H,1-2H3,(H,25,26)/b15-11+. The largest absolute Gasteiger partial charge is 0.503 e. The molecule has 7 nitrogen and oxygen atoms in total. The minimum atomic E-state index is -1.13. The number of para-hydroxylation sites is 1. The minimum Gasteiger partial charge on any atom is -0.503 e. The van der Waals surface area contributed by atoms with Gasteiger partial charge in [0.1, 0.15) is 17.6 Å². The summed E-state index contributed by atoms with van der Waals surface area (Å²) in [6.07, 6.45) is 2.37. The molecule has 3 aromatic rings. The molecular formula is C21H17FN2O5. The highest BCUT2D eigenvalue weighted by molar-refractivity contribution is 6.15. The predicted molar refractivity (Wildman–Crippen MR) is 102 cm³/mol. The highest BCUT2D eigenvalue weighted by atomic mass is 19.1. The molecule has 0 aliphatic rings. The van der Waals surface area contributed by atoms with Gasteiger partial charge < -0.3 is 19.3 Å². The quantitative estimate of drug-likeness (QED) is 0.462. The fourth-order valence-electron chi connectivity index (χ4n) is 2.55. The van der Waals surface area contributed by atoms with Crippen LogP contribution in [0.2, 0.25) is 0 Å². The number of carboxylic acid groups (broad SMARTS) is 1. The van der Waals surface area contributed by atoms with E-state index in [0.29, 0.717) is 16.9 Å². The zero-order valence-corrected chi connectivity index (χ0v) is 15.6. The topological polar surface area (TPSA) is 90.8 Å². The molecule has 0 spiro atoms. The lowest BCUT2D eigenvalue weighted by atomic mass is 10.0. The first-order chi connectivity index (χ1) is 14.0. The van der Waals surface area contributed by atoms with Crippen LogP contribution in [0, 0.1) is 12.7 Å². The molecule has 0 unspecified atom stereocenters. The van der Waals surface area contributed by atoms with Crippen LogP contribution in [0.4, 0.5) is 4.39 Å². The highest BCUT2D eigenvalue weighted by Gasteiger charge is 2.17. The molecule has 0 bridgehead atoms. The van der Waals surface area contributed by atoms with Crippen molar-refractivity contribution in [2.45, 2.75) is 6.92 Å². The number of aliphatic carboxylic acids is 1. The first kappa shape index (κ1) is 19.8. The van der Waals surface area contributed by atoms with Gasteiger partial charge in [0, 0.05) is 0 Å². The van der Waals surface area contributed by atoms with Crippen molar-refractivity contribution < 1.29 is 28.5 Å². The molecule has 1 N–H and O–H groups in total. The minimum absolute atomic E-state index is 0.0123. The number of carbonyl (C=O) groups is 1. The van der Waals surface area contributed by atoms with Gasteiger partial charge in [-0.25, -0.2) is 19.2 Å². The Morgan fingerprint density at radius 3 is 2.34 bits per heavy atom. The maximum Gasteiger partial charge on any atom is 0.339 e. The van der Waals surface area contributed by atoms with Gasteiger partial charge in [-0.05, 0) is 36.2 Å². The van der Waals surface area contributed by atoms with Crippen LogP contribution in [0.5, 0.6) is 23.3 Å². The van der Waals surface area contributed by atoms with Crippen molar-refractivity contribution in [2.75, 3.05) is 7.11 Å². The van der Waals surface area contributed by atoms with Crippen LogP contribution in [0.15, 0.2) is 61.1 Å². The van der Waals surface area contributed by atoms with E-state index in [1.54, 1.807) is 37.3 Å². The molecule has 0 aliphatic carbocycles. The number of halogens is 1. The molecule has 0 aliphatic heterocycles. The van der Waals surface area contributed by atoms with Gasteiger partial charge in [0.25, 0.3) is 0 Å². The number of rotatable bonds is 7. The summed E-state index contributed by atoms with van der Waals surface area (Å²) >= 11 is 0. The van der Waals surface area contributed by atoms with E-state index in [0.717, 1.165) is 6.26 Å². The molecule has 1 heterocycles. The van der Waals surface area contributed by atoms with Gasteiger partial charge in [-0.15, -0.1) is 0 Å². The van der Waals surface area contributed by atoms with E-state index in [1.807, 2.05) is 0 Å². The summed E-state index contributed by atoms with van der Waals surface area (Å²) in [7, 11) is 1.37. The number of carboxylic acids is 1. The molecule has 148 valence electrons. The predicted octanol–water partition coefficient (Wildman–Crippen LogP) is 4.58. The maximum atomic E-state index is 13.8. The summed E-state index contributed by atoms with van der Waals surface area (Å²) in [5, 5.41) is 9.40. The summed E-state index contributed by atoms with van der Waals surface area (Å²) < 4.78 is 29.8. The molecular weight excluding hydrogens is 379 g/mol. The first-order valence-electron chi connectivity index (χ1n) is 8.48. The molecule has 0 saturated carbocycles. The summed E-state index contributed by atoms with van der Waals surface area (Å²) in [5.41, 5.74) is 1.00. The SMILES string of the molecule is CO/C=C(/C(=O)O)c1cccc(Oc2cc(Oc3ccccc3F)ncn2)c1C. The fourth-order valence-corrected chi connectivity index (χ4v) is 2.55. The molecule has 0 amide bonds. The third-order valence-electron chi connectivity index (χ3n) is 3.92. The van der Waals surface area contributed by atoms with E-state index in [-0.39, 0.29) is 23.1 Å². The second kappa shape index (κ2) is 8.83. The van der Waals surface area contributed by atoms with Crippen LogP contribution >= 0.6 is 0 Å². The van der Waals surface area contributed by atoms with Crippen molar-refractivity contribution in [2.24, 2.45) is 0 Å². The van der Waals surface area contributed by atoms with Crippen LogP contribution in [-0.2, 0) is 9.53 Å². The van der Waals surface area contributed by atoms with Crippen LogP contribution in [0.25, 0.3) is 5.57 Å². The second-order valence-corrected chi connectivity index (χ2v) is 5.83. The molecule has 3 rings (SSSR count). The Morgan fingerprint density at radius 1 is 1.03 bits per heavy atom. The van der Waals surface area contributed by atoms with E-state index in [2.05, 4.69) is 9.97 Å². The lowest BCUT2D eigenvalue weighted by Crippen LogP contribution is -2.03. The zero-order chi connectivity index (χ0) is 20.8.